The summed E-state index contributed by atoms with van der Waals surface area (Å²) in [5.41, 5.74) is 0.978. The number of hydrogen-bond acceptors (Lipinski definition) is 3. The lowest BCUT2D eigenvalue weighted by Gasteiger charge is -2.30. The van der Waals surface area contributed by atoms with E-state index < -0.39 is 0 Å². The molecule has 1 aromatic rings. The van der Waals surface area contributed by atoms with Crippen molar-refractivity contribution in [3.63, 3.8) is 0 Å². The standard InChI is InChI=1S/C12H18N2O.2C2H6/c1-10-12(6-3-7-13-10)15-11-5-4-8-14(2)9-11;2*1-2/h3,6-7,11H,4-5,8-9H2,1-2H3;2*1-2H3. The molecular weight excluding hydrogens is 236 g/mol. The quantitative estimate of drug-likeness (QED) is 0.811. The molecule has 0 spiro atoms. The zero-order valence-corrected chi connectivity index (χ0v) is 13.4. The van der Waals surface area contributed by atoms with Gasteiger partial charge >= 0.3 is 0 Å². The Hall–Kier alpha value is -1.09. The SMILES string of the molecule is CC.CC.Cc1ncccc1OC1CCCN(C)C1. The van der Waals surface area contributed by atoms with Crippen molar-refractivity contribution in [2.75, 3.05) is 20.1 Å². The van der Waals surface area contributed by atoms with E-state index in [1.165, 1.54) is 13.0 Å². The van der Waals surface area contributed by atoms with Gasteiger partial charge in [-0.25, -0.2) is 0 Å². The first-order valence-corrected chi connectivity index (χ1v) is 7.52. The van der Waals surface area contributed by atoms with E-state index in [2.05, 4.69) is 16.9 Å². The second-order valence-corrected chi connectivity index (χ2v) is 4.23. The minimum atomic E-state index is 0.326. The van der Waals surface area contributed by atoms with Crippen molar-refractivity contribution in [3.8, 4) is 5.75 Å². The van der Waals surface area contributed by atoms with E-state index in [0.29, 0.717) is 6.10 Å². The summed E-state index contributed by atoms with van der Waals surface area (Å²) in [5, 5.41) is 0. The van der Waals surface area contributed by atoms with Gasteiger partial charge in [0.15, 0.2) is 0 Å². The summed E-state index contributed by atoms with van der Waals surface area (Å²) in [5.74, 6) is 0.929. The van der Waals surface area contributed by atoms with Gasteiger partial charge in [0.2, 0.25) is 0 Å². The number of ether oxygens (including phenoxy) is 1. The number of likely N-dealkylation sites (N-methyl/N-ethyl adjacent to an activating group) is 1. The number of aromatic nitrogens is 1. The monoisotopic (exact) mass is 266 g/mol. The van der Waals surface area contributed by atoms with E-state index in [1.54, 1.807) is 6.20 Å². The van der Waals surface area contributed by atoms with E-state index in [-0.39, 0.29) is 0 Å². The lowest BCUT2D eigenvalue weighted by molar-refractivity contribution is 0.103. The van der Waals surface area contributed by atoms with Crippen molar-refractivity contribution in [3.05, 3.63) is 24.0 Å². The average Bonchev–Trinajstić information content (AvgIpc) is 2.46. The maximum Gasteiger partial charge on any atom is 0.140 e. The topological polar surface area (TPSA) is 25.4 Å². The van der Waals surface area contributed by atoms with Crippen LogP contribution in [-0.4, -0.2) is 36.1 Å². The van der Waals surface area contributed by atoms with E-state index in [4.69, 9.17) is 4.74 Å². The lowest BCUT2D eigenvalue weighted by atomic mass is 10.1. The first-order valence-electron chi connectivity index (χ1n) is 7.52. The van der Waals surface area contributed by atoms with Crippen LogP contribution in [0.4, 0.5) is 0 Å². The van der Waals surface area contributed by atoms with E-state index >= 15 is 0 Å². The Bertz CT molecular complexity index is 328. The highest BCUT2D eigenvalue weighted by Gasteiger charge is 2.18. The van der Waals surface area contributed by atoms with Gasteiger partial charge in [-0.05, 0) is 45.5 Å². The molecule has 0 radical (unpaired) electrons. The molecule has 3 heteroatoms. The third-order valence-electron chi connectivity index (χ3n) is 2.83. The summed E-state index contributed by atoms with van der Waals surface area (Å²) in [6.45, 7) is 12.2. The predicted octanol–water partition coefficient (Wildman–Crippen LogP) is 3.92. The van der Waals surface area contributed by atoms with Crippen LogP contribution in [0.25, 0.3) is 0 Å². The Labute approximate surface area is 119 Å². The second-order valence-electron chi connectivity index (χ2n) is 4.23. The molecule has 1 aromatic heterocycles. The van der Waals surface area contributed by atoms with Crippen LogP contribution in [0.15, 0.2) is 18.3 Å². The maximum atomic E-state index is 5.95. The molecule has 0 saturated carbocycles. The molecule has 1 aliphatic heterocycles. The first kappa shape index (κ1) is 17.9. The van der Waals surface area contributed by atoms with Crippen LogP contribution in [0.2, 0.25) is 0 Å². The number of likely N-dealkylation sites (tertiary alicyclic amines) is 1. The minimum absolute atomic E-state index is 0.326. The molecule has 1 unspecified atom stereocenters. The van der Waals surface area contributed by atoms with Crippen molar-refractivity contribution in [2.24, 2.45) is 0 Å². The molecule has 2 rings (SSSR count). The third-order valence-corrected chi connectivity index (χ3v) is 2.83. The summed E-state index contributed by atoms with van der Waals surface area (Å²) < 4.78 is 5.95. The Kier molecular flexibility index (Phi) is 10.2. The smallest absolute Gasteiger partial charge is 0.140 e. The number of piperidine rings is 1. The van der Waals surface area contributed by atoms with E-state index in [9.17, 15) is 0 Å². The number of hydrogen-bond donors (Lipinski definition) is 0. The van der Waals surface area contributed by atoms with E-state index in [1.807, 2.05) is 46.8 Å². The molecule has 110 valence electrons. The third kappa shape index (κ3) is 6.58. The highest BCUT2D eigenvalue weighted by atomic mass is 16.5. The molecule has 3 nitrogen and oxygen atoms in total. The van der Waals surface area contributed by atoms with Gasteiger partial charge in [-0.15, -0.1) is 0 Å². The second kappa shape index (κ2) is 10.8. The van der Waals surface area contributed by atoms with Gasteiger partial charge in [0.05, 0.1) is 5.69 Å². The van der Waals surface area contributed by atoms with Crippen LogP contribution in [0.3, 0.4) is 0 Å². The summed E-state index contributed by atoms with van der Waals surface area (Å²) in [4.78, 5) is 6.54. The number of nitrogens with zero attached hydrogens (tertiary/aromatic N) is 2. The summed E-state index contributed by atoms with van der Waals surface area (Å²) >= 11 is 0. The fourth-order valence-corrected chi connectivity index (χ4v) is 1.99. The zero-order valence-electron chi connectivity index (χ0n) is 13.4. The molecule has 1 fully saturated rings. The Morgan fingerprint density at radius 1 is 1.26 bits per heavy atom. The largest absolute Gasteiger partial charge is 0.487 e. The van der Waals surface area contributed by atoms with Gasteiger partial charge in [-0.1, -0.05) is 27.7 Å². The minimum Gasteiger partial charge on any atom is -0.487 e. The normalized spacial score (nSPS) is 18.5. The zero-order chi connectivity index (χ0) is 14.7. The molecule has 19 heavy (non-hydrogen) atoms. The Balaban J connectivity index is 0.000000741. The summed E-state index contributed by atoms with van der Waals surface area (Å²) in [6.07, 6.45) is 4.50. The van der Waals surface area contributed by atoms with Gasteiger partial charge < -0.3 is 9.64 Å². The van der Waals surface area contributed by atoms with Crippen molar-refractivity contribution < 1.29 is 4.74 Å². The molecular formula is C16H30N2O. The average molecular weight is 266 g/mol. The van der Waals surface area contributed by atoms with Gasteiger partial charge in [0.25, 0.3) is 0 Å². The van der Waals surface area contributed by atoms with Crippen molar-refractivity contribution in [2.45, 2.75) is 53.6 Å². The number of rotatable bonds is 2. The molecule has 0 bridgehead atoms. The Morgan fingerprint density at radius 3 is 2.53 bits per heavy atom. The fourth-order valence-electron chi connectivity index (χ4n) is 1.99. The fraction of sp³-hybridized carbons (Fsp3) is 0.688. The lowest BCUT2D eigenvalue weighted by Crippen LogP contribution is -2.38. The van der Waals surface area contributed by atoms with Crippen LogP contribution < -0.4 is 4.74 Å². The highest BCUT2D eigenvalue weighted by Crippen LogP contribution is 2.19. The van der Waals surface area contributed by atoms with E-state index in [0.717, 1.165) is 24.4 Å². The maximum absolute atomic E-state index is 5.95. The van der Waals surface area contributed by atoms with Crippen LogP contribution in [0.5, 0.6) is 5.75 Å². The van der Waals surface area contributed by atoms with Crippen LogP contribution in [0, 0.1) is 6.92 Å². The van der Waals surface area contributed by atoms with Gasteiger partial charge in [-0.3, -0.25) is 4.98 Å². The predicted molar refractivity (Wildman–Crippen MR) is 82.8 cm³/mol. The van der Waals surface area contributed by atoms with Crippen molar-refractivity contribution >= 4 is 0 Å². The summed E-state index contributed by atoms with van der Waals surface area (Å²) in [7, 11) is 2.14. The molecule has 1 atom stereocenters. The van der Waals surface area contributed by atoms with Crippen LogP contribution in [0.1, 0.15) is 46.2 Å². The van der Waals surface area contributed by atoms with Gasteiger partial charge in [0.1, 0.15) is 11.9 Å². The van der Waals surface area contributed by atoms with Gasteiger partial charge in [0, 0.05) is 12.7 Å². The molecule has 0 aliphatic carbocycles. The Morgan fingerprint density at radius 2 is 1.95 bits per heavy atom. The van der Waals surface area contributed by atoms with Gasteiger partial charge in [-0.2, -0.15) is 0 Å². The number of aryl methyl sites for hydroxylation is 1. The first-order chi connectivity index (χ1) is 9.25. The summed E-state index contributed by atoms with van der Waals surface area (Å²) in [6, 6.07) is 3.92. The van der Waals surface area contributed by atoms with Crippen molar-refractivity contribution in [1.29, 1.82) is 0 Å². The molecule has 0 aromatic carbocycles. The van der Waals surface area contributed by atoms with Crippen LogP contribution >= 0.6 is 0 Å². The number of pyridine rings is 1. The van der Waals surface area contributed by atoms with Crippen LogP contribution in [-0.2, 0) is 0 Å². The molecule has 0 amide bonds. The molecule has 2 heterocycles. The highest BCUT2D eigenvalue weighted by molar-refractivity contribution is 5.25. The molecule has 1 aliphatic rings. The molecule has 0 N–H and O–H groups in total. The molecule has 1 saturated heterocycles. The van der Waals surface area contributed by atoms with Crippen molar-refractivity contribution in [1.82, 2.24) is 9.88 Å².